The van der Waals surface area contributed by atoms with E-state index in [0.29, 0.717) is 17.9 Å². The Labute approximate surface area is 158 Å². The fourth-order valence-electron chi connectivity index (χ4n) is 4.68. The number of hydrogen-bond acceptors (Lipinski definition) is 2. The van der Waals surface area contributed by atoms with Crippen molar-refractivity contribution in [1.29, 1.82) is 0 Å². The molecule has 2 saturated carbocycles. The molecule has 2 aliphatic carbocycles. The third-order valence-corrected chi connectivity index (χ3v) is 6.05. The molecule has 3 N–H and O–H groups in total. The van der Waals surface area contributed by atoms with Crippen LogP contribution in [0.15, 0.2) is 30.3 Å². The van der Waals surface area contributed by atoms with Gasteiger partial charge in [-0.1, -0.05) is 50.6 Å². The second-order valence-electron chi connectivity index (χ2n) is 8.74. The molecule has 2 unspecified atom stereocenters. The van der Waals surface area contributed by atoms with Gasteiger partial charge in [0.15, 0.2) is 0 Å². The number of benzene rings is 1. The number of carbonyl (C=O) groups is 1. The van der Waals surface area contributed by atoms with E-state index in [1.807, 2.05) is 6.07 Å². The average molecular weight is 365 g/mol. The molecule has 25 heavy (non-hydrogen) atoms. The van der Waals surface area contributed by atoms with Crippen LogP contribution in [0, 0.1) is 23.2 Å². The summed E-state index contributed by atoms with van der Waals surface area (Å²) >= 11 is 0. The molecule has 140 valence electrons. The Morgan fingerprint density at radius 1 is 1.16 bits per heavy atom. The molecule has 0 radical (unpaired) electrons. The van der Waals surface area contributed by atoms with Crippen molar-refractivity contribution in [1.82, 2.24) is 5.32 Å². The molecule has 2 bridgehead atoms. The summed E-state index contributed by atoms with van der Waals surface area (Å²) in [5, 5.41) is 3.24. The molecule has 0 spiro atoms. The highest BCUT2D eigenvalue weighted by molar-refractivity contribution is 5.85. The van der Waals surface area contributed by atoms with Crippen LogP contribution in [-0.2, 0) is 11.2 Å². The Bertz CT molecular complexity index is 546. The van der Waals surface area contributed by atoms with Crippen LogP contribution in [0.1, 0.15) is 51.5 Å². The molecule has 3 rings (SSSR count). The van der Waals surface area contributed by atoms with Gasteiger partial charge in [0.25, 0.3) is 0 Å². The lowest BCUT2D eigenvalue weighted by Crippen LogP contribution is -2.49. The summed E-state index contributed by atoms with van der Waals surface area (Å²) in [5.41, 5.74) is 7.74. The minimum absolute atomic E-state index is 0. The zero-order valence-corrected chi connectivity index (χ0v) is 16.4. The first kappa shape index (κ1) is 20.3. The van der Waals surface area contributed by atoms with Crippen LogP contribution in [0.4, 0.5) is 0 Å². The van der Waals surface area contributed by atoms with Gasteiger partial charge in [0, 0.05) is 18.5 Å². The van der Waals surface area contributed by atoms with Crippen molar-refractivity contribution >= 4 is 18.3 Å². The first-order valence-electron chi connectivity index (χ1n) is 9.52. The Kier molecular flexibility index (Phi) is 6.93. The lowest BCUT2D eigenvalue weighted by Gasteiger charge is -2.43. The van der Waals surface area contributed by atoms with Gasteiger partial charge in [0.05, 0.1) is 0 Å². The second kappa shape index (κ2) is 8.55. The van der Waals surface area contributed by atoms with Crippen molar-refractivity contribution in [3.63, 3.8) is 0 Å². The number of amides is 1. The molecule has 2 fully saturated rings. The smallest absolute Gasteiger partial charge is 0.223 e. The van der Waals surface area contributed by atoms with Gasteiger partial charge in [-0.05, 0) is 54.9 Å². The highest BCUT2D eigenvalue weighted by Gasteiger charge is 2.40. The molecular weight excluding hydrogens is 332 g/mol. The molecule has 0 aliphatic heterocycles. The van der Waals surface area contributed by atoms with Crippen molar-refractivity contribution in [2.75, 3.05) is 6.54 Å². The Hall–Kier alpha value is -1.06. The van der Waals surface area contributed by atoms with Crippen LogP contribution in [0.2, 0.25) is 0 Å². The molecule has 1 amide bonds. The fourth-order valence-corrected chi connectivity index (χ4v) is 4.68. The van der Waals surface area contributed by atoms with E-state index < -0.39 is 0 Å². The molecule has 0 aromatic heterocycles. The number of fused-ring (bicyclic) bond motifs is 2. The molecule has 4 heteroatoms. The van der Waals surface area contributed by atoms with E-state index in [9.17, 15) is 4.79 Å². The Morgan fingerprint density at radius 2 is 1.76 bits per heavy atom. The van der Waals surface area contributed by atoms with E-state index in [-0.39, 0.29) is 29.6 Å². The van der Waals surface area contributed by atoms with Crippen LogP contribution in [0.3, 0.4) is 0 Å². The Balaban J connectivity index is 0.00000225. The van der Waals surface area contributed by atoms with E-state index in [1.165, 1.54) is 24.8 Å². The summed E-state index contributed by atoms with van der Waals surface area (Å²) in [6.45, 7) is 5.19. The van der Waals surface area contributed by atoms with Gasteiger partial charge in [-0.25, -0.2) is 0 Å². The standard InChI is InChI=1S/C21H32N2O.ClH/c1-21(2,13-15-7-4-3-5-8-15)14-23-20(24)18-11-16-9-6-10-17(12-18)19(16)22;/h3-5,7-8,16-19H,6,9-14,22H2,1-2H3,(H,23,24);1H. The number of carbonyl (C=O) groups excluding carboxylic acids is 1. The predicted molar refractivity (Wildman–Crippen MR) is 106 cm³/mol. The van der Waals surface area contributed by atoms with Gasteiger partial charge < -0.3 is 11.1 Å². The van der Waals surface area contributed by atoms with E-state index in [2.05, 4.69) is 43.4 Å². The van der Waals surface area contributed by atoms with Crippen LogP contribution < -0.4 is 11.1 Å². The van der Waals surface area contributed by atoms with Gasteiger partial charge in [-0.2, -0.15) is 0 Å². The number of rotatable bonds is 5. The summed E-state index contributed by atoms with van der Waals surface area (Å²) in [7, 11) is 0. The van der Waals surface area contributed by atoms with Crippen LogP contribution >= 0.6 is 12.4 Å². The van der Waals surface area contributed by atoms with Gasteiger partial charge in [-0.15, -0.1) is 12.4 Å². The molecular formula is C21H33ClN2O. The van der Waals surface area contributed by atoms with E-state index in [1.54, 1.807) is 0 Å². The minimum atomic E-state index is 0. The lowest BCUT2D eigenvalue weighted by atomic mass is 9.65. The van der Waals surface area contributed by atoms with Gasteiger partial charge >= 0.3 is 0 Å². The van der Waals surface area contributed by atoms with Crippen molar-refractivity contribution in [2.45, 2.75) is 58.4 Å². The van der Waals surface area contributed by atoms with Gasteiger partial charge in [-0.3, -0.25) is 4.79 Å². The maximum Gasteiger partial charge on any atom is 0.223 e. The summed E-state index contributed by atoms with van der Waals surface area (Å²) < 4.78 is 0. The molecule has 0 heterocycles. The van der Waals surface area contributed by atoms with Crippen molar-refractivity contribution < 1.29 is 4.79 Å². The topological polar surface area (TPSA) is 55.1 Å². The molecule has 2 atom stereocenters. The summed E-state index contributed by atoms with van der Waals surface area (Å²) in [6, 6.07) is 10.9. The zero-order chi connectivity index (χ0) is 17.2. The van der Waals surface area contributed by atoms with Crippen LogP contribution in [0.5, 0.6) is 0 Å². The van der Waals surface area contributed by atoms with Gasteiger partial charge in [0.1, 0.15) is 0 Å². The number of nitrogens with two attached hydrogens (primary N) is 1. The quantitative estimate of drug-likeness (QED) is 0.831. The van der Waals surface area contributed by atoms with Crippen molar-refractivity contribution in [2.24, 2.45) is 28.9 Å². The summed E-state index contributed by atoms with van der Waals surface area (Å²) in [4.78, 5) is 12.7. The largest absolute Gasteiger partial charge is 0.355 e. The number of halogens is 1. The normalized spacial score (nSPS) is 28.8. The maximum atomic E-state index is 12.7. The van der Waals surface area contributed by atoms with Crippen LogP contribution in [-0.4, -0.2) is 18.5 Å². The minimum Gasteiger partial charge on any atom is -0.355 e. The molecule has 3 nitrogen and oxygen atoms in total. The van der Waals surface area contributed by atoms with Crippen molar-refractivity contribution in [3.8, 4) is 0 Å². The first-order chi connectivity index (χ1) is 11.4. The highest BCUT2D eigenvalue weighted by atomic mass is 35.5. The van der Waals surface area contributed by atoms with Crippen LogP contribution in [0.25, 0.3) is 0 Å². The monoisotopic (exact) mass is 364 g/mol. The van der Waals surface area contributed by atoms with Gasteiger partial charge in [0.2, 0.25) is 5.91 Å². The lowest BCUT2D eigenvalue weighted by molar-refractivity contribution is -0.128. The third kappa shape index (κ3) is 5.21. The molecule has 1 aromatic rings. The molecule has 2 aliphatic rings. The predicted octanol–water partition coefficient (Wildman–Crippen LogP) is 3.95. The third-order valence-electron chi connectivity index (χ3n) is 6.05. The van der Waals surface area contributed by atoms with E-state index >= 15 is 0 Å². The Morgan fingerprint density at radius 3 is 2.36 bits per heavy atom. The highest BCUT2D eigenvalue weighted by Crippen LogP contribution is 2.41. The zero-order valence-electron chi connectivity index (χ0n) is 15.5. The molecule has 0 saturated heterocycles. The van der Waals surface area contributed by atoms with E-state index in [4.69, 9.17) is 5.73 Å². The SMILES string of the molecule is CC(C)(CNC(=O)C1CC2CCCC(C1)C2N)Cc1ccccc1.Cl. The average Bonchev–Trinajstić information content (AvgIpc) is 2.53. The number of nitrogens with one attached hydrogen (secondary N) is 1. The summed E-state index contributed by atoms with van der Waals surface area (Å²) in [6.07, 6.45) is 6.67. The first-order valence-corrected chi connectivity index (χ1v) is 9.52. The maximum absolute atomic E-state index is 12.7. The van der Waals surface area contributed by atoms with E-state index in [0.717, 1.165) is 25.8 Å². The summed E-state index contributed by atoms with van der Waals surface area (Å²) in [5.74, 6) is 1.55. The molecule has 1 aromatic carbocycles. The number of hydrogen-bond donors (Lipinski definition) is 2. The van der Waals surface area contributed by atoms with Crippen molar-refractivity contribution in [3.05, 3.63) is 35.9 Å². The fraction of sp³-hybridized carbons (Fsp3) is 0.667. The second-order valence-corrected chi connectivity index (χ2v) is 8.74.